The zero-order valence-electron chi connectivity index (χ0n) is 17.2. The van der Waals surface area contributed by atoms with Crippen LogP contribution < -0.4 is 10.6 Å². The van der Waals surface area contributed by atoms with E-state index in [0.29, 0.717) is 28.9 Å². The first kappa shape index (κ1) is 21.4. The highest BCUT2D eigenvalue weighted by Crippen LogP contribution is 2.31. The number of hydrogen-bond donors (Lipinski definition) is 2. The van der Waals surface area contributed by atoms with Gasteiger partial charge in [-0.05, 0) is 81.6 Å². The van der Waals surface area contributed by atoms with Gasteiger partial charge in [0.25, 0.3) is 0 Å². The van der Waals surface area contributed by atoms with Gasteiger partial charge in [0.05, 0.1) is 0 Å². The third-order valence-electron chi connectivity index (χ3n) is 5.53. The molecule has 0 spiro atoms. The normalized spacial score (nSPS) is 18.3. The molecule has 1 fully saturated rings. The van der Waals surface area contributed by atoms with Crippen molar-refractivity contribution in [1.82, 2.24) is 0 Å². The fourth-order valence-corrected chi connectivity index (χ4v) is 3.73. The van der Waals surface area contributed by atoms with E-state index in [2.05, 4.69) is 10.6 Å². The number of ketones is 2. The van der Waals surface area contributed by atoms with Crippen molar-refractivity contribution in [2.45, 2.75) is 39.5 Å². The molecule has 3 rings (SSSR count). The number of carbonyl (C=O) groups excluding carboxylic acids is 4. The second-order valence-electron chi connectivity index (χ2n) is 7.81. The van der Waals surface area contributed by atoms with Crippen molar-refractivity contribution in [3.05, 3.63) is 59.7 Å². The fourth-order valence-electron chi connectivity index (χ4n) is 3.73. The smallest absolute Gasteiger partial charge is 0.227 e. The van der Waals surface area contributed by atoms with E-state index >= 15 is 0 Å². The lowest BCUT2D eigenvalue weighted by Gasteiger charge is -2.27. The van der Waals surface area contributed by atoms with Gasteiger partial charge in [0, 0.05) is 34.3 Å². The Morgan fingerprint density at radius 2 is 1.03 bits per heavy atom. The lowest BCUT2D eigenvalue weighted by atomic mass is 9.80. The predicted molar refractivity (Wildman–Crippen MR) is 116 cm³/mol. The molecule has 2 aromatic rings. The summed E-state index contributed by atoms with van der Waals surface area (Å²) in [5.74, 6) is -0.721. The Labute approximate surface area is 176 Å². The van der Waals surface area contributed by atoms with E-state index in [4.69, 9.17) is 0 Å². The summed E-state index contributed by atoms with van der Waals surface area (Å²) in [6.45, 7) is 3.00. The van der Waals surface area contributed by atoms with Crippen LogP contribution in [0.25, 0.3) is 0 Å². The average Bonchev–Trinajstić information content (AvgIpc) is 2.74. The molecule has 1 aliphatic carbocycles. The highest BCUT2D eigenvalue weighted by molar-refractivity contribution is 5.98. The first-order valence-corrected chi connectivity index (χ1v) is 10.2. The molecule has 0 radical (unpaired) electrons. The fraction of sp³-hybridized carbons (Fsp3) is 0.333. The van der Waals surface area contributed by atoms with Gasteiger partial charge in [-0.15, -0.1) is 0 Å². The maximum Gasteiger partial charge on any atom is 0.227 e. The van der Waals surface area contributed by atoms with Crippen LogP contribution in [-0.4, -0.2) is 23.4 Å². The Kier molecular flexibility index (Phi) is 6.77. The minimum Gasteiger partial charge on any atom is -0.326 e. The van der Waals surface area contributed by atoms with Gasteiger partial charge in [-0.2, -0.15) is 0 Å². The van der Waals surface area contributed by atoms with Crippen molar-refractivity contribution in [2.24, 2.45) is 11.8 Å². The summed E-state index contributed by atoms with van der Waals surface area (Å²) < 4.78 is 0. The van der Waals surface area contributed by atoms with Crippen LogP contribution >= 0.6 is 0 Å². The van der Waals surface area contributed by atoms with Crippen molar-refractivity contribution in [2.75, 3.05) is 10.6 Å². The van der Waals surface area contributed by atoms with E-state index in [1.807, 2.05) is 0 Å². The van der Waals surface area contributed by atoms with E-state index in [9.17, 15) is 19.2 Å². The Hall–Kier alpha value is -3.28. The van der Waals surface area contributed by atoms with Gasteiger partial charge in [0.1, 0.15) is 0 Å². The van der Waals surface area contributed by atoms with Gasteiger partial charge < -0.3 is 10.6 Å². The van der Waals surface area contributed by atoms with Crippen molar-refractivity contribution in [1.29, 1.82) is 0 Å². The number of carbonyl (C=O) groups is 4. The molecule has 2 N–H and O–H groups in total. The quantitative estimate of drug-likeness (QED) is 0.692. The van der Waals surface area contributed by atoms with E-state index in [1.54, 1.807) is 48.5 Å². The summed E-state index contributed by atoms with van der Waals surface area (Å²) in [6.07, 6.45) is 2.79. The van der Waals surface area contributed by atoms with E-state index in [1.165, 1.54) is 13.8 Å². The SMILES string of the molecule is CC(=O)c1ccc(NC(=O)[C@@H]2CCC[C@@H](C(=O)Nc3ccc(C(C)=O)cc3)C2)cc1. The van der Waals surface area contributed by atoms with Crippen molar-refractivity contribution in [3.63, 3.8) is 0 Å². The van der Waals surface area contributed by atoms with Crippen LogP contribution in [0, 0.1) is 11.8 Å². The summed E-state index contributed by atoms with van der Waals surface area (Å²) >= 11 is 0. The molecule has 30 heavy (non-hydrogen) atoms. The number of hydrogen-bond acceptors (Lipinski definition) is 4. The first-order chi connectivity index (χ1) is 14.3. The van der Waals surface area contributed by atoms with Crippen molar-refractivity contribution in [3.8, 4) is 0 Å². The maximum atomic E-state index is 12.7. The number of nitrogens with one attached hydrogen (secondary N) is 2. The second-order valence-corrected chi connectivity index (χ2v) is 7.81. The van der Waals surface area contributed by atoms with Gasteiger partial charge >= 0.3 is 0 Å². The average molecular weight is 406 g/mol. The van der Waals surface area contributed by atoms with Crippen LogP contribution in [0.5, 0.6) is 0 Å². The van der Waals surface area contributed by atoms with Crippen LogP contribution in [0.2, 0.25) is 0 Å². The molecule has 0 bridgehead atoms. The molecule has 6 nitrogen and oxygen atoms in total. The number of rotatable bonds is 6. The van der Waals surface area contributed by atoms with Crippen LogP contribution in [0.4, 0.5) is 11.4 Å². The van der Waals surface area contributed by atoms with E-state index < -0.39 is 0 Å². The largest absolute Gasteiger partial charge is 0.326 e. The Morgan fingerprint density at radius 1 is 0.667 bits per heavy atom. The summed E-state index contributed by atoms with van der Waals surface area (Å²) in [7, 11) is 0. The molecule has 1 aliphatic rings. The molecule has 0 aromatic heterocycles. The van der Waals surface area contributed by atoms with Crippen LogP contribution in [0.15, 0.2) is 48.5 Å². The first-order valence-electron chi connectivity index (χ1n) is 10.2. The second kappa shape index (κ2) is 9.48. The maximum absolute atomic E-state index is 12.7. The van der Waals surface area contributed by atoms with Crippen molar-refractivity contribution >= 4 is 34.8 Å². The highest BCUT2D eigenvalue weighted by Gasteiger charge is 2.31. The topological polar surface area (TPSA) is 92.3 Å². The molecule has 0 unspecified atom stereocenters. The van der Waals surface area contributed by atoms with Gasteiger partial charge in [-0.1, -0.05) is 6.42 Å². The minimum absolute atomic E-state index is 0.0232. The van der Waals surface area contributed by atoms with Crippen LogP contribution in [0.3, 0.4) is 0 Å². The molecular weight excluding hydrogens is 380 g/mol. The summed E-state index contributed by atoms with van der Waals surface area (Å²) in [5.41, 5.74) is 2.47. The molecule has 6 heteroatoms. The molecule has 2 aromatic carbocycles. The molecule has 0 aliphatic heterocycles. The Morgan fingerprint density at radius 3 is 1.37 bits per heavy atom. The third kappa shape index (κ3) is 5.41. The standard InChI is InChI=1S/C24H26N2O4/c1-15(27)17-6-10-21(11-7-17)25-23(29)19-4-3-5-20(14-19)24(30)26-22-12-8-18(9-13-22)16(2)28/h6-13,19-20H,3-5,14H2,1-2H3,(H,25,29)(H,26,30)/t19-,20-/m1/s1. The number of Topliss-reactive ketones (excluding diaryl/α,β-unsaturated/α-hetero) is 2. The van der Waals surface area contributed by atoms with Gasteiger partial charge in [-0.25, -0.2) is 0 Å². The summed E-state index contributed by atoms with van der Waals surface area (Å²) in [5, 5.41) is 5.78. The summed E-state index contributed by atoms with van der Waals surface area (Å²) in [6, 6.07) is 13.6. The zero-order valence-corrected chi connectivity index (χ0v) is 17.2. The molecule has 2 atom stereocenters. The van der Waals surface area contributed by atoms with Crippen molar-refractivity contribution < 1.29 is 19.2 Å². The lowest BCUT2D eigenvalue weighted by Crippen LogP contribution is -2.33. The van der Waals surface area contributed by atoms with Gasteiger partial charge in [0.15, 0.2) is 11.6 Å². The predicted octanol–water partition coefficient (Wildman–Crippen LogP) is 4.48. The number of benzene rings is 2. The summed E-state index contributed by atoms with van der Waals surface area (Å²) in [4.78, 5) is 48.1. The van der Waals surface area contributed by atoms with Gasteiger partial charge in [0.2, 0.25) is 11.8 Å². The highest BCUT2D eigenvalue weighted by atomic mass is 16.2. The minimum atomic E-state index is -0.234. The number of anilines is 2. The van der Waals surface area contributed by atoms with Crippen LogP contribution in [0.1, 0.15) is 60.2 Å². The molecular formula is C24H26N2O4. The monoisotopic (exact) mass is 406 g/mol. The van der Waals surface area contributed by atoms with E-state index in [0.717, 1.165) is 19.3 Å². The number of amides is 2. The Balaban J connectivity index is 1.57. The molecule has 0 heterocycles. The zero-order chi connectivity index (χ0) is 21.7. The van der Waals surface area contributed by atoms with E-state index in [-0.39, 0.29) is 35.2 Å². The molecule has 156 valence electrons. The molecule has 0 saturated heterocycles. The lowest BCUT2D eigenvalue weighted by molar-refractivity contribution is -0.124. The van der Waals surface area contributed by atoms with Gasteiger partial charge in [-0.3, -0.25) is 19.2 Å². The Bertz CT molecular complexity index is 871. The third-order valence-corrected chi connectivity index (χ3v) is 5.53. The molecule has 2 amide bonds. The molecule has 1 saturated carbocycles. The van der Waals surface area contributed by atoms with Crippen LogP contribution in [-0.2, 0) is 9.59 Å².